The van der Waals surface area contributed by atoms with Crippen molar-refractivity contribution in [1.82, 2.24) is 0 Å². The van der Waals surface area contributed by atoms with E-state index < -0.39 is 19.8 Å². The highest BCUT2D eigenvalue weighted by Crippen LogP contribution is 1.93. The summed E-state index contributed by atoms with van der Waals surface area (Å²) in [6.45, 7) is 0. The highest BCUT2D eigenvalue weighted by atomic mass is 31.1. The molecule has 5 nitrogen and oxygen atoms in total. The Morgan fingerprint density at radius 1 is 1.75 bits per heavy atom. The van der Waals surface area contributed by atoms with Gasteiger partial charge in [0.05, 0.1) is 0 Å². The summed E-state index contributed by atoms with van der Waals surface area (Å²) < 4.78 is 9.68. The highest BCUT2D eigenvalue weighted by molar-refractivity contribution is 7.51. The van der Waals surface area contributed by atoms with E-state index in [1.807, 2.05) is 0 Å². The lowest BCUT2D eigenvalue weighted by Crippen LogP contribution is -2.18. The molecular weight excluding hydrogens is 131 g/mol. The van der Waals surface area contributed by atoms with Gasteiger partial charge in [-0.2, -0.15) is 0 Å². The van der Waals surface area contributed by atoms with E-state index in [9.17, 15) is 9.36 Å². The third kappa shape index (κ3) is 1.66. The van der Waals surface area contributed by atoms with Gasteiger partial charge in [0.2, 0.25) is 13.9 Å². The third-order valence-corrected chi connectivity index (χ3v) is 0.884. The van der Waals surface area contributed by atoms with E-state index in [-0.39, 0.29) is 0 Å². The Hall–Kier alpha value is -0.960. The minimum absolute atomic E-state index is 0.579. The minimum atomic E-state index is -0.996. The first-order valence-corrected chi connectivity index (χ1v) is 2.38. The van der Waals surface area contributed by atoms with Crippen LogP contribution in [0.1, 0.15) is 0 Å². The van der Waals surface area contributed by atoms with E-state index >= 15 is 0 Å². The normalized spacial score (nSPS) is 11.8. The lowest BCUT2D eigenvalue weighted by molar-refractivity contribution is -0.111. The van der Waals surface area contributed by atoms with Crippen molar-refractivity contribution in [2.45, 2.75) is 0 Å². The van der Waals surface area contributed by atoms with Crippen LogP contribution in [0.5, 0.6) is 0 Å². The van der Waals surface area contributed by atoms with Crippen LogP contribution in [-0.2, 0) is 9.36 Å². The fraction of sp³-hybridized carbons (Fsp3) is 0. The third-order valence-electron chi connectivity index (χ3n) is 0.402. The molecule has 0 aromatic rings. The van der Waals surface area contributed by atoms with Gasteiger partial charge in [0, 0.05) is 0 Å². The van der Waals surface area contributed by atoms with Crippen molar-refractivity contribution in [1.29, 1.82) is 0 Å². The van der Waals surface area contributed by atoms with Gasteiger partial charge < -0.3 is 10.9 Å². The molecule has 0 spiro atoms. The summed E-state index contributed by atoms with van der Waals surface area (Å²) in [6, 6.07) is 0. The van der Waals surface area contributed by atoms with Crippen molar-refractivity contribution < 1.29 is 14.6 Å². The first-order chi connectivity index (χ1) is 3.72. The fourth-order valence-electron chi connectivity index (χ4n) is 0.113. The molecule has 0 radical (unpaired) electrons. The highest BCUT2D eigenvalue weighted by Gasteiger charge is 2.04. The molecule has 0 aromatic carbocycles. The van der Waals surface area contributed by atoms with E-state index in [0.29, 0.717) is 0 Å². The van der Waals surface area contributed by atoms with Crippen LogP contribution >= 0.6 is 8.46 Å². The number of primary amides is 1. The molecule has 0 aromatic heterocycles. The second-order valence-electron chi connectivity index (χ2n) is 0.879. The van der Waals surface area contributed by atoms with Gasteiger partial charge in [-0.05, 0) is 0 Å². The van der Waals surface area contributed by atoms with Crippen molar-refractivity contribution in [2.75, 3.05) is 0 Å². The lowest BCUT2D eigenvalue weighted by atomic mass is 10.7. The molecule has 0 saturated carbocycles. The Balaban J connectivity index is 4.13. The van der Waals surface area contributed by atoms with Crippen LogP contribution in [0.25, 0.3) is 0 Å². The van der Waals surface area contributed by atoms with Crippen molar-refractivity contribution in [3.05, 3.63) is 0 Å². The van der Waals surface area contributed by atoms with Gasteiger partial charge in [-0.25, -0.2) is 0 Å². The summed E-state index contributed by atoms with van der Waals surface area (Å²) in [7, 11) is -0.671. The Morgan fingerprint density at radius 3 is 2.25 bits per heavy atom. The summed E-state index contributed by atoms with van der Waals surface area (Å²) in [5.74, 6) is -0.996. The number of carbonyl (C=O) groups is 1. The zero-order chi connectivity index (χ0) is 6.57. The summed E-state index contributed by atoms with van der Waals surface area (Å²) in [6.07, 6.45) is 0. The maximum Gasteiger partial charge on any atom is 0.278 e. The zero-order valence-electron chi connectivity index (χ0n) is 3.74. The Labute approximate surface area is 46.4 Å². The van der Waals surface area contributed by atoms with Crippen LogP contribution in [-0.4, -0.2) is 16.6 Å². The molecule has 0 bridgehead atoms. The predicted octanol–water partition coefficient (Wildman–Crippen LogP) is -0.449. The average Bonchev–Trinajstić information content (AvgIpc) is 1.69. The SMILES string of the molecule is NC(=O)C(=NO)P=O. The zero-order valence-corrected chi connectivity index (χ0v) is 4.63. The Kier molecular flexibility index (Phi) is 2.72. The van der Waals surface area contributed by atoms with Gasteiger partial charge in [-0.15, -0.1) is 0 Å². The molecule has 8 heavy (non-hydrogen) atoms. The van der Waals surface area contributed by atoms with Gasteiger partial charge in [0.15, 0.2) is 0 Å². The number of carbonyl (C=O) groups excluding carboxylic acids is 1. The molecule has 0 aliphatic heterocycles. The van der Waals surface area contributed by atoms with Crippen LogP contribution in [0, 0.1) is 0 Å². The first kappa shape index (κ1) is 7.04. The molecule has 0 aliphatic rings. The van der Waals surface area contributed by atoms with Crippen molar-refractivity contribution >= 4 is 19.8 Å². The van der Waals surface area contributed by atoms with Crippen LogP contribution in [0.3, 0.4) is 0 Å². The number of hydrogen-bond acceptors (Lipinski definition) is 4. The molecular formula is C2H3N2O3P. The predicted molar refractivity (Wildman–Crippen MR) is 26.0 cm³/mol. The largest absolute Gasteiger partial charge is 0.410 e. The Morgan fingerprint density at radius 2 is 2.25 bits per heavy atom. The van der Waals surface area contributed by atoms with E-state index in [0.717, 1.165) is 0 Å². The second kappa shape index (κ2) is 3.10. The molecule has 0 aliphatic carbocycles. The van der Waals surface area contributed by atoms with Crippen LogP contribution in [0.15, 0.2) is 5.16 Å². The maximum absolute atomic E-state index is 9.89. The van der Waals surface area contributed by atoms with Gasteiger partial charge in [-0.1, -0.05) is 5.16 Å². The number of amides is 1. The summed E-state index contributed by atoms with van der Waals surface area (Å²) >= 11 is 0. The number of nitrogens with zero attached hydrogens (tertiary/aromatic N) is 1. The maximum atomic E-state index is 9.89. The van der Waals surface area contributed by atoms with Gasteiger partial charge in [-0.3, -0.25) is 9.36 Å². The second-order valence-corrected chi connectivity index (χ2v) is 1.49. The quantitative estimate of drug-likeness (QED) is 0.232. The molecule has 0 fully saturated rings. The van der Waals surface area contributed by atoms with E-state index in [1.165, 1.54) is 0 Å². The molecule has 0 atom stereocenters. The van der Waals surface area contributed by atoms with Gasteiger partial charge >= 0.3 is 0 Å². The fourth-order valence-corrected chi connectivity index (χ4v) is 0.239. The van der Waals surface area contributed by atoms with Gasteiger partial charge in [0.1, 0.15) is 0 Å². The lowest BCUT2D eigenvalue weighted by Gasteiger charge is -1.80. The number of oxime groups is 1. The molecule has 44 valence electrons. The molecule has 1 amide bonds. The number of nitrogens with two attached hydrogens (primary N) is 1. The van der Waals surface area contributed by atoms with E-state index in [2.05, 4.69) is 10.9 Å². The first-order valence-electron chi connectivity index (χ1n) is 1.57. The van der Waals surface area contributed by atoms with Crippen LogP contribution < -0.4 is 5.73 Å². The molecule has 0 heterocycles. The van der Waals surface area contributed by atoms with Crippen molar-refractivity contribution in [3.8, 4) is 0 Å². The van der Waals surface area contributed by atoms with Crippen molar-refractivity contribution in [2.24, 2.45) is 10.9 Å². The number of hydrogen-bond donors (Lipinski definition) is 2. The van der Waals surface area contributed by atoms with Crippen LogP contribution in [0.2, 0.25) is 0 Å². The van der Waals surface area contributed by atoms with E-state index in [4.69, 9.17) is 5.21 Å². The summed E-state index contributed by atoms with van der Waals surface area (Å²) in [5.41, 5.74) is 3.94. The molecule has 6 heteroatoms. The topological polar surface area (TPSA) is 92.8 Å². The smallest absolute Gasteiger partial charge is 0.278 e. The number of rotatable bonds is 2. The average molecular weight is 134 g/mol. The van der Waals surface area contributed by atoms with Gasteiger partial charge in [0.25, 0.3) is 5.91 Å². The van der Waals surface area contributed by atoms with E-state index in [1.54, 1.807) is 0 Å². The standard InChI is InChI=1S/C2H3N2O3P/c3-1(5)2(4-6)8-7/h6H,(H2,3,5). The summed E-state index contributed by atoms with van der Waals surface area (Å²) in [4.78, 5) is 9.89. The van der Waals surface area contributed by atoms with Crippen molar-refractivity contribution in [3.63, 3.8) is 0 Å². The molecule has 0 unspecified atom stereocenters. The summed E-state index contributed by atoms with van der Waals surface area (Å²) in [5, 5.41) is 10.1. The van der Waals surface area contributed by atoms with Crippen LogP contribution in [0.4, 0.5) is 0 Å². The molecule has 0 saturated heterocycles. The monoisotopic (exact) mass is 134 g/mol. The Bertz CT molecular complexity index is 142. The molecule has 0 rings (SSSR count). The molecule has 3 N–H and O–H groups in total. The minimum Gasteiger partial charge on any atom is -0.410 e.